The van der Waals surface area contributed by atoms with Crippen molar-refractivity contribution in [3.8, 4) is 0 Å². The normalized spacial score (nSPS) is 21.5. The van der Waals surface area contributed by atoms with E-state index >= 15 is 0 Å². The van der Waals surface area contributed by atoms with Crippen molar-refractivity contribution in [2.45, 2.75) is 31.2 Å². The van der Waals surface area contributed by atoms with Gasteiger partial charge in [-0.05, 0) is 36.5 Å². The SMILES string of the molecule is O=C(O)CC(NC(=O)C1CC(c2ccc(F)cc2)C1)C(=O)O. The van der Waals surface area contributed by atoms with E-state index < -0.39 is 30.3 Å². The quantitative estimate of drug-likeness (QED) is 0.736. The van der Waals surface area contributed by atoms with Crippen molar-refractivity contribution < 1.29 is 29.0 Å². The van der Waals surface area contributed by atoms with Crippen molar-refractivity contribution in [1.29, 1.82) is 0 Å². The van der Waals surface area contributed by atoms with Crippen molar-refractivity contribution in [2.75, 3.05) is 0 Å². The number of aliphatic carboxylic acids is 2. The van der Waals surface area contributed by atoms with Crippen LogP contribution in [0.2, 0.25) is 0 Å². The van der Waals surface area contributed by atoms with Gasteiger partial charge in [-0.3, -0.25) is 9.59 Å². The summed E-state index contributed by atoms with van der Waals surface area (Å²) in [5.41, 5.74) is 0.936. The number of benzene rings is 1. The van der Waals surface area contributed by atoms with Crippen LogP contribution in [-0.4, -0.2) is 34.1 Å². The molecule has 6 nitrogen and oxygen atoms in total. The van der Waals surface area contributed by atoms with Crippen LogP contribution in [0.1, 0.15) is 30.7 Å². The summed E-state index contributed by atoms with van der Waals surface area (Å²) in [6.07, 6.45) is 0.420. The fourth-order valence-electron chi connectivity index (χ4n) is 2.50. The van der Waals surface area contributed by atoms with Crippen LogP contribution in [0, 0.1) is 11.7 Å². The van der Waals surface area contributed by atoms with Gasteiger partial charge in [0.1, 0.15) is 11.9 Å². The number of hydrogen-bond donors (Lipinski definition) is 3. The topological polar surface area (TPSA) is 104 Å². The molecule has 22 heavy (non-hydrogen) atoms. The zero-order valence-electron chi connectivity index (χ0n) is 11.7. The zero-order chi connectivity index (χ0) is 16.3. The first-order valence-corrected chi connectivity index (χ1v) is 6.87. The molecule has 1 aliphatic rings. The molecule has 1 amide bonds. The molecular formula is C15H16FNO5. The Balaban J connectivity index is 1.86. The average molecular weight is 309 g/mol. The molecule has 2 rings (SSSR count). The molecule has 3 N–H and O–H groups in total. The van der Waals surface area contributed by atoms with Gasteiger partial charge in [-0.15, -0.1) is 0 Å². The van der Waals surface area contributed by atoms with Crippen molar-refractivity contribution >= 4 is 17.8 Å². The summed E-state index contributed by atoms with van der Waals surface area (Å²) >= 11 is 0. The Morgan fingerprint density at radius 3 is 2.27 bits per heavy atom. The van der Waals surface area contributed by atoms with E-state index in [4.69, 9.17) is 10.2 Å². The third-order valence-electron chi connectivity index (χ3n) is 3.84. The van der Waals surface area contributed by atoms with Crippen LogP contribution in [0.4, 0.5) is 4.39 Å². The number of carboxylic acids is 2. The number of halogens is 1. The molecule has 1 atom stereocenters. The lowest BCUT2D eigenvalue weighted by Crippen LogP contribution is -2.47. The molecule has 0 saturated heterocycles. The van der Waals surface area contributed by atoms with E-state index in [0.717, 1.165) is 5.56 Å². The molecule has 0 spiro atoms. The minimum Gasteiger partial charge on any atom is -0.481 e. The van der Waals surface area contributed by atoms with Crippen LogP contribution in [-0.2, 0) is 14.4 Å². The molecule has 1 unspecified atom stereocenters. The largest absolute Gasteiger partial charge is 0.481 e. The summed E-state index contributed by atoms with van der Waals surface area (Å²) in [6, 6.07) is 4.62. The maximum absolute atomic E-state index is 12.8. The molecule has 1 saturated carbocycles. The van der Waals surface area contributed by atoms with Gasteiger partial charge in [0, 0.05) is 5.92 Å². The van der Waals surface area contributed by atoms with Crippen LogP contribution in [0.5, 0.6) is 0 Å². The van der Waals surface area contributed by atoms with Crippen molar-refractivity contribution in [2.24, 2.45) is 5.92 Å². The first-order valence-electron chi connectivity index (χ1n) is 6.87. The van der Waals surface area contributed by atoms with Crippen molar-refractivity contribution in [3.05, 3.63) is 35.6 Å². The summed E-state index contributed by atoms with van der Waals surface area (Å²) in [5.74, 6) is -3.64. The van der Waals surface area contributed by atoms with Gasteiger partial charge < -0.3 is 15.5 Å². The van der Waals surface area contributed by atoms with Crippen LogP contribution >= 0.6 is 0 Å². The van der Waals surface area contributed by atoms with E-state index in [9.17, 15) is 18.8 Å². The lowest BCUT2D eigenvalue weighted by atomic mass is 9.71. The number of carboxylic acid groups (broad SMARTS) is 2. The summed E-state index contributed by atoms with van der Waals surface area (Å²) in [7, 11) is 0. The van der Waals surface area contributed by atoms with Crippen molar-refractivity contribution in [3.63, 3.8) is 0 Å². The monoisotopic (exact) mass is 309 g/mol. The van der Waals surface area contributed by atoms with Gasteiger partial charge >= 0.3 is 11.9 Å². The molecule has 0 aliphatic heterocycles. The maximum atomic E-state index is 12.8. The number of amides is 1. The molecule has 1 aromatic carbocycles. The third-order valence-corrected chi connectivity index (χ3v) is 3.84. The summed E-state index contributed by atoms with van der Waals surface area (Å²) < 4.78 is 12.8. The van der Waals surface area contributed by atoms with Crippen LogP contribution in [0.25, 0.3) is 0 Å². The van der Waals surface area contributed by atoms with E-state index in [1.165, 1.54) is 12.1 Å². The standard InChI is InChI=1S/C15H16FNO5/c16-11-3-1-8(2-4-11)9-5-10(6-9)14(20)17-12(15(21)22)7-13(18)19/h1-4,9-10,12H,5-7H2,(H,17,20)(H,18,19)(H,21,22). The smallest absolute Gasteiger partial charge is 0.326 e. The van der Waals surface area contributed by atoms with E-state index in [-0.39, 0.29) is 17.7 Å². The minimum atomic E-state index is -1.42. The average Bonchev–Trinajstić information content (AvgIpc) is 2.38. The summed E-state index contributed by atoms with van der Waals surface area (Å²) in [4.78, 5) is 33.4. The molecule has 118 valence electrons. The molecule has 1 aliphatic carbocycles. The van der Waals surface area contributed by atoms with Gasteiger partial charge in [-0.1, -0.05) is 12.1 Å². The number of carbonyl (C=O) groups is 3. The zero-order valence-corrected chi connectivity index (χ0v) is 11.7. The second kappa shape index (κ2) is 6.55. The fraction of sp³-hybridized carbons (Fsp3) is 0.400. The van der Waals surface area contributed by atoms with E-state index in [2.05, 4.69) is 5.32 Å². The lowest BCUT2D eigenvalue weighted by molar-refractivity contribution is -0.148. The second-order valence-corrected chi connectivity index (χ2v) is 5.41. The van der Waals surface area contributed by atoms with Gasteiger partial charge in [0.05, 0.1) is 6.42 Å². The van der Waals surface area contributed by atoms with Gasteiger partial charge in [0.2, 0.25) is 5.91 Å². The molecule has 0 bridgehead atoms. The molecule has 0 aromatic heterocycles. The van der Waals surface area contributed by atoms with Gasteiger partial charge in [-0.25, -0.2) is 9.18 Å². The molecule has 7 heteroatoms. The Hall–Kier alpha value is -2.44. The van der Waals surface area contributed by atoms with Crippen LogP contribution < -0.4 is 5.32 Å². The Bertz CT molecular complexity index is 580. The summed E-state index contributed by atoms with van der Waals surface area (Å²) in [5, 5.41) is 19.8. The molecule has 0 heterocycles. The van der Waals surface area contributed by atoms with E-state index in [1.807, 2.05) is 0 Å². The maximum Gasteiger partial charge on any atom is 0.326 e. The Kier molecular flexibility index (Phi) is 4.75. The summed E-state index contributed by atoms with van der Waals surface area (Å²) in [6.45, 7) is 0. The number of rotatable bonds is 6. The van der Waals surface area contributed by atoms with Crippen LogP contribution in [0.3, 0.4) is 0 Å². The molecule has 1 fully saturated rings. The minimum absolute atomic E-state index is 0.138. The van der Waals surface area contributed by atoms with Crippen molar-refractivity contribution in [1.82, 2.24) is 5.32 Å². The molecule has 1 aromatic rings. The highest BCUT2D eigenvalue weighted by molar-refractivity contribution is 5.88. The number of carbonyl (C=O) groups excluding carboxylic acids is 1. The Morgan fingerprint density at radius 2 is 1.77 bits per heavy atom. The highest BCUT2D eigenvalue weighted by atomic mass is 19.1. The van der Waals surface area contributed by atoms with E-state index in [0.29, 0.717) is 12.8 Å². The molecular weight excluding hydrogens is 293 g/mol. The predicted molar refractivity (Wildman–Crippen MR) is 73.7 cm³/mol. The predicted octanol–water partition coefficient (Wildman–Crippen LogP) is 1.36. The van der Waals surface area contributed by atoms with Gasteiger partial charge in [0.15, 0.2) is 0 Å². The molecule has 0 radical (unpaired) electrons. The fourth-order valence-corrected chi connectivity index (χ4v) is 2.50. The highest BCUT2D eigenvalue weighted by Gasteiger charge is 2.37. The second-order valence-electron chi connectivity index (χ2n) is 5.41. The first kappa shape index (κ1) is 15.9. The van der Waals surface area contributed by atoms with Gasteiger partial charge in [-0.2, -0.15) is 0 Å². The van der Waals surface area contributed by atoms with Gasteiger partial charge in [0.25, 0.3) is 0 Å². The lowest BCUT2D eigenvalue weighted by Gasteiger charge is -2.35. The van der Waals surface area contributed by atoms with Crippen LogP contribution in [0.15, 0.2) is 24.3 Å². The first-order chi connectivity index (χ1) is 10.4. The van der Waals surface area contributed by atoms with E-state index in [1.54, 1.807) is 12.1 Å². The third kappa shape index (κ3) is 3.81. The number of nitrogens with one attached hydrogen (secondary N) is 1. The number of hydrogen-bond acceptors (Lipinski definition) is 3. The highest BCUT2D eigenvalue weighted by Crippen LogP contribution is 2.41. The Labute approximate surface area is 125 Å². The Morgan fingerprint density at radius 1 is 1.18 bits per heavy atom.